The third kappa shape index (κ3) is 3.46. The molecule has 2 heterocycles. The maximum Gasteiger partial charge on any atom is 0.118 e. The molecule has 0 unspecified atom stereocenters. The molecule has 0 saturated carbocycles. The molecule has 2 aromatic carbocycles. The molecule has 0 radical (unpaired) electrons. The van der Waals surface area contributed by atoms with Gasteiger partial charge in [0.15, 0.2) is 0 Å². The van der Waals surface area contributed by atoms with Crippen molar-refractivity contribution in [3.05, 3.63) is 64.8 Å². The highest BCUT2D eigenvalue weighted by atomic mass is 35.5. The van der Waals surface area contributed by atoms with Crippen LogP contribution in [-0.4, -0.2) is 30.2 Å². The zero-order chi connectivity index (χ0) is 17.4. The van der Waals surface area contributed by atoms with Gasteiger partial charge in [-0.2, -0.15) is 0 Å². The quantitative estimate of drug-likeness (QED) is 0.667. The fourth-order valence-electron chi connectivity index (χ4n) is 3.99. The van der Waals surface area contributed by atoms with Crippen LogP contribution in [0.4, 0.5) is 0 Å². The van der Waals surface area contributed by atoms with E-state index in [4.69, 9.17) is 4.74 Å². The number of fused-ring (bicyclic) bond motifs is 3. The second-order valence-electron chi connectivity index (χ2n) is 7.18. The topological polar surface area (TPSA) is 17.4 Å². The van der Waals surface area contributed by atoms with Gasteiger partial charge in [0, 0.05) is 42.7 Å². The predicted octanol–water partition coefficient (Wildman–Crippen LogP) is 4.61. The molecular formula is C22H27ClN2O. The minimum absolute atomic E-state index is 0. The average molecular weight is 371 g/mol. The van der Waals surface area contributed by atoms with Gasteiger partial charge in [0.1, 0.15) is 5.75 Å². The third-order valence-corrected chi connectivity index (χ3v) is 5.38. The summed E-state index contributed by atoms with van der Waals surface area (Å²) in [4.78, 5) is 2.43. The Balaban J connectivity index is 0.00000196. The highest BCUT2D eigenvalue weighted by molar-refractivity contribution is 5.86. The first-order valence-corrected chi connectivity index (χ1v) is 9.08. The lowest BCUT2D eigenvalue weighted by atomic mass is 10.0. The number of hydrogen-bond acceptors (Lipinski definition) is 2. The lowest BCUT2D eigenvalue weighted by Crippen LogP contribution is -2.27. The van der Waals surface area contributed by atoms with Crippen molar-refractivity contribution < 1.29 is 4.74 Å². The molecule has 0 atom stereocenters. The van der Waals surface area contributed by atoms with E-state index in [2.05, 4.69) is 65.9 Å². The van der Waals surface area contributed by atoms with Crippen LogP contribution in [0, 0.1) is 6.92 Å². The molecule has 0 bridgehead atoms. The molecule has 0 fully saturated rings. The Hall–Kier alpha value is -1.97. The van der Waals surface area contributed by atoms with Crippen molar-refractivity contribution in [3.8, 4) is 5.75 Å². The van der Waals surface area contributed by atoms with Gasteiger partial charge in [0.2, 0.25) is 0 Å². The number of halogens is 1. The number of hydrogen-bond donors (Lipinski definition) is 0. The zero-order valence-electron chi connectivity index (χ0n) is 15.8. The van der Waals surface area contributed by atoms with Crippen LogP contribution in [0.15, 0.2) is 42.5 Å². The van der Waals surface area contributed by atoms with Crippen LogP contribution in [0.1, 0.15) is 22.4 Å². The van der Waals surface area contributed by atoms with Crippen molar-refractivity contribution in [1.29, 1.82) is 0 Å². The number of benzene rings is 2. The molecule has 4 heteroatoms. The Kier molecular flexibility index (Phi) is 5.59. The molecule has 0 spiro atoms. The molecule has 0 saturated heterocycles. The van der Waals surface area contributed by atoms with Gasteiger partial charge in [-0.1, -0.05) is 23.8 Å². The van der Waals surface area contributed by atoms with Gasteiger partial charge in [0.25, 0.3) is 0 Å². The highest BCUT2D eigenvalue weighted by Gasteiger charge is 2.22. The molecule has 0 N–H and O–H groups in total. The molecule has 26 heavy (non-hydrogen) atoms. The summed E-state index contributed by atoms with van der Waals surface area (Å²) in [6, 6.07) is 15.4. The molecule has 3 aromatic rings. The minimum atomic E-state index is 0. The number of methoxy groups -OCH3 is 1. The van der Waals surface area contributed by atoms with Crippen molar-refractivity contribution in [2.75, 3.05) is 20.7 Å². The van der Waals surface area contributed by atoms with Gasteiger partial charge in [-0.25, -0.2) is 0 Å². The van der Waals surface area contributed by atoms with E-state index < -0.39 is 0 Å². The number of rotatable bonds is 4. The number of likely N-dealkylation sites (N-methyl/N-ethyl adjacent to an activating group) is 1. The van der Waals surface area contributed by atoms with E-state index in [1.807, 2.05) is 0 Å². The van der Waals surface area contributed by atoms with E-state index in [9.17, 15) is 0 Å². The van der Waals surface area contributed by atoms with Gasteiger partial charge < -0.3 is 14.2 Å². The largest absolute Gasteiger partial charge is 0.497 e. The molecule has 138 valence electrons. The number of aromatic nitrogens is 1. The van der Waals surface area contributed by atoms with E-state index in [0.29, 0.717) is 0 Å². The van der Waals surface area contributed by atoms with Gasteiger partial charge in [0.05, 0.1) is 7.11 Å². The summed E-state index contributed by atoms with van der Waals surface area (Å²) in [6.45, 7) is 5.42. The van der Waals surface area contributed by atoms with Crippen LogP contribution in [0.5, 0.6) is 5.75 Å². The Bertz CT molecular complexity index is 899. The number of nitrogens with zero attached hydrogens (tertiary/aromatic N) is 2. The van der Waals surface area contributed by atoms with Gasteiger partial charge in [-0.15, -0.1) is 12.4 Å². The zero-order valence-corrected chi connectivity index (χ0v) is 16.6. The Morgan fingerprint density at radius 3 is 2.58 bits per heavy atom. The maximum absolute atomic E-state index is 5.26. The standard InChI is InChI=1S/C22H26N2O.ClH/c1-16-4-9-21-19(14-16)20-15-23(2)12-11-22(20)24(21)13-10-17-5-7-18(25-3)8-6-17;/h4-9,14H,10-13,15H2,1-3H3;1H. The summed E-state index contributed by atoms with van der Waals surface area (Å²) < 4.78 is 7.82. The summed E-state index contributed by atoms with van der Waals surface area (Å²) in [7, 11) is 3.94. The van der Waals surface area contributed by atoms with Crippen molar-refractivity contribution in [3.63, 3.8) is 0 Å². The molecule has 1 aliphatic rings. The van der Waals surface area contributed by atoms with Gasteiger partial charge >= 0.3 is 0 Å². The SMILES string of the molecule is COc1ccc(CCn2c3c(c4cc(C)ccc42)CN(C)CC3)cc1.Cl. The lowest BCUT2D eigenvalue weighted by Gasteiger charge is -2.24. The molecular weight excluding hydrogens is 344 g/mol. The molecule has 4 rings (SSSR count). The summed E-state index contributed by atoms with van der Waals surface area (Å²) in [5.41, 5.74) is 7.15. The second-order valence-corrected chi connectivity index (χ2v) is 7.18. The first-order chi connectivity index (χ1) is 12.2. The van der Waals surface area contributed by atoms with Gasteiger partial charge in [-0.05, 0) is 55.8 Å². The number of aryl methyl sites for hydroxylation is 3. The van der Waals surface area contributed by atoms with Crippen molar-refractivity contribution in [1.82, 2.24) is 9.47 Å². The van der Waals surface area contributed by atoms with E-state index in [0.717, 1.165) is 38.2 Å². The minimum Gasteiger partial charge on any atom is -0.497 e. The van der Waals surface area contributed by atoms with E-state index in [1.165, 1.54) is 33.3 Å². The van der Waals surface area contributed by atoms with E-state index in [-0.39, 0.29) is 12.4 Å². The lowest BCUT2D eigenvalue weighted by molar-refractivity contribution is 0.309. The summed E-state index contributed by atoms with van der Waals surface area (Å²) >= 11 is 0. The van der Waals surface area contributed by atoms with Crippen molar-refractivity contribution >= 4 is 23.3 Å². The first-order valence-electron chi connectivity index (χ1n) is 9.08. The fraction of sp³-hybridized carbons (Fsp3) is 0.364. The van der Waals surface area contributed by atoms with Crippen LogP contribution in [0.25, 0.3) is 10.9 Å². The predicted molar refractivity (Wildman–Crippen MR) is 111 cm³/mol. The van der Waals surface area contributed by atoms with Crippen LogP contribution >= 0.6 is 12.4 Å². The number of ether oxygens (including phenoxy) is 1. The summed E-state index contributed by atoms with van der Waals surface area (Å²) in [5, 5.41) is 1.44. The average Bonchev–Trinajstić information content (AvgIpc) is 2.92. The Morgan fingerprint density at radius 1 is 1.08 bits per heavy atom. The van der Waals surface area contributed by atoms with Gasteiger partial charge in [-0.3, -0.25) is 0 Å². The fourth-order valence-corrected chi connectivity index (χ4v) is 3.99. The summed E-state index contributed by atoms with van der Waals surface area (Å²) in [5.74, 6) is 0.922. The molecule has 0 aliphatic carbocycles. The van der Waals surface area contributed by atoms with Crippen LogP contribution < -0.4 is 4.74 Å². The highest BCUT2D eigenvalue weighted by Crippen LogP contribution is 2.31. The molecule has 1 aliphatic heterocycles. The molecule has 3 nitrogen and oxygen atoms in total. The third-order valence-electron chi connectivity index (χ3n) is 5.38. The Labute approximate surface area is 162 Å². The second kappa shape index (κ2) is 7.73. The van der Waals surface area contributed by atoms with Crippen LogP contribution in [0.2, 0.25) is 0 Å². The molecule has 0 amide bonds. The van der Waals surface area contributed by atoms with Crippen molar-refractivity contribution in [2.24, 2.45) is 0 Å². The van der Waals surface area contributed by atoms with E-state index in [1.54, 1.807) is 7.11 Å². The smallest absolute Gasteiger partial charge is 0.118 e. The van der Waals surface area contributed by atoms with E-state index >= 15 is 0 Å². The summed E-state index contributed by atoms with van der Waals surface area (Å²) in [6.07, 6.45) is 2.19. The first kappa shape index (κ1) is 18.8. The monoisotopic (exact) mass is 370 g/mol. The molecule has 1 aromatic heterocycles. The van der Waals surface area contributed by atoms with Crippen LogP contribution in [0.3, 0.4) is 0 Å². The normalized spacial score (nSPS) is 14.1. The van der Waals surface area contributed by atoms with Crippen LogP contribution in [-0.2, 0) is 25.9 Å². The van der Waals surface area contributed by atoms with Crippen molar-refractivity contribution in [2.45, 2.75) is 32.9 Å². The Morgan fingerprint density at radius 2 is 1.85 bits per heavy atom. The maximum atomic E-state index is 5.26.